The van der Waals surface area contributed by atoms with Crippen molar-refractivity contribution in [3.63, 3.8) is 0 Å². The van der Waals surface area contributed by atoms with Gasteiger partial charge in [0.1, 0.15) is 5.82 Å². The Morgan fingerprint density at radius 2 is 2.00 bits per heavy atom. The normalized spacial score (nSPS) is 15.0. The minimum absolute atomic E-state index is 0.0370. The standard InChI is InChI=1S/C14H15FN2O/c15-13-5-1-10(2-6-13)8-17-14(11-3-4-11)12(9-18)7-16-17/h1-2,5-7,11,18H,3-4,8-9H2. The Balaban J connectivity index is 1.88. The SMILES string of the molecule is OCc1cnn(Cc2ccc(F)cc2)c1C1CC1. The Bertz CT molecular complexity index is 543. The maximum atomic E-state index is 12.8. The van der Waals surface area contributed by atoms with E-state index < -0.39 is 0 Å². The van der Waals surface area contributed by atoms with Gasteiger partial charge in [0.2, 0.25) is 0 Å². The molecule has 0 radical (unpaired) electrons. The van der Waals surface area contributed by atoms with E-state index in [0.29, 0.717) is 12.5 Å². The molecule has 3 rings (SSSR count). The molecule has 0 amide bonds. The summed E-state index contributed by atoms with van der Waals surface area (Å²) in [7, 11) is 0. The molecule has 1 aliphatic carbocycles. The van der Waals surface area contributed by atoms with E-state index in [0.717, 1.165) is 16.8 Å². The first-order valence-corrected chi connectivity index (χ1v) is 6.18. The molecule has 4 heteroatoms. The molecule has 0 spiro atoms. The van der Waals surface area contributed by atoms with Crippen LogP contribution in [0.5, 0.6) is 0 Å². The molecule has 18 heavy (non-hydrogen) atoms. The second-order valence-electron chi connectivity index (χ2n) is 4.77. The topological polar surface area (TPSA) is 38.1 Å². The maximum absolute atomic E-state index is 12.8. The third-order valence-electron chi connectivity index (χ3n) is 3.34. The van der Waals surface area contributed by atoms with Gasteiger partial charge in [-0.05, 0) is 30.5 Å². The molecule has 94 valence electrons. The van der Waals surface area contributed by atoms with Crippen LogP contribution >= 0.6 is 0 Å². The molecule has 2 aromatic rings. The highest BCUT2D eigenvalue weighted by atomic mass is 19.1. The van der Waals surface area contributed by atoms with Crippen LogP contribution in [0.3, 0.4) is 0 Å². The first kappa shape index (κ1) is 11.4. The number of benzene rings is 1. The summed E-state index contributed by atoms with van der Waals surface area (Å²) in [5.74, 6) is 0.313. The zero-order valence-electron chi connectivity index (χ0n) is 10.0. The second kappa shape index (κ2) is 4.53. The molecule has 3 nitrogen and oxygen atoms in total. The van der Waals surface area contributed by atoms with E-state index in [9.17, 15) is 9.50 Å². The van der Waals surface area contributed by atoms with Gasteiger partial charge < -0.3 is 5.11 Å². The molecule has 1 N–H and O–H groups in total. The molecule has 1 heterocycles. The predicted molar refractivity (Wildman–Crippen MR) is 65.6 cm³/mol. The van der Waals surface area contributed by atoms with Crippen LogP contribution in [-0.4, -0.2) is 14.9 Å². The van der Waals surface area contributed by atoms with Gasteiger partial charge in [-0.1, -0.05) is 12.1 Å². The average molecular weight is 246 g/mol. The maximum Gasteiger partial charge on any atom is 0.123 e. The fourth-order valence-electron chi connectivity index (χ4n) is 2.27. The molecule has 1 aromatic heterocycles. The fraction of sp³-hybridized carbons (Fsp3) is 0.357. The first-order valence-electron chi connectivity index (χ1n) is 6.18. The quantitative estimate of drug-likeness (QED) is 0.899. The van der Waals surface area contributed by atoms with Crippen LogP contribution in [0.15, 0.2) is 30.5 Å². The first-order chi connectivity index (χ1) is 8.78. The van der Waals surface area contributed by atoms with Crippen molar-refractivity contribution in [2.75, 3.05) is 0 Å². The van der Waals surface area contributed by atoms with E-state index >= 15 is 0 Å². The average Bonchev–Trinajstić information content (AvgIpc) is 3.14. The van der Waals surface area contributed by atoms with Crippen LogP contribution in [0, 0.1) is 5.82 Å². The summed E-state index contributed by atoms with van der Waals surface area (Å²) in [6, 6.07) is 6.46. The zero-order chi connectivity index (χ0) is 12.5. The van der Waals surface area contributed by atoms with Crippen molar-refractivity contribution in [2.24, 2.45) is 0 Å². The fourth-order valence-corrected chi connectivity index (χ4v) is 2.27. The highest BCUT2D eigenvalue weighted by molar-refractivity contribution is 5.26. The van der Waals surface area contributed by atoms with Crippen molar-refractivity contribution in [3.05, 3.63) is 53.1 Å². The third kappa shape index (κ3) is 2.16. The minimum atomic E-state index is -0.224. The molecular formula is C14H15FN2O. The summed E-state index contributed by atoms with van der Waals surface area (Å²) in [5.41, 5.74) is 3.08. The number of aliphatic hydroxyl groups excluding tert-OH is 1. The Morgan fingerprint density at radius 3 is 2.61 bits per heavy atom. The molecule has 0 unspecified atom stereocenters. The summed E-state index contributed by atoms with van der Waals surface area (Å²) in [5, 5.41) is 13.6. The molecule has 1 aromatic carbocycles. The number of halogens is 1. The van der Waals surface area contributed by atoms with Gasteiger partial charge in [-0.2, -0.15) is 5.10 Å². The van der Waals surface area contributed by atoms with Gasteiger partial charge in [0.05, 0.1) is 19.3 Å². The zero-order valence-corrected chi connectivity index (χ0v) is 10.0. The van der Waals surface area contributed by atoms with Gasteiger partial charge in [0, 0.05) is 17.2 Å². The van der Waals surface area contributed by atoms with Crippen molar-refractivity contribution in [3.8, 4) is 0 Å². The van der Waals surface area contributed by atoms with E-state index in [1.807, 2.05) is 4.68 Å². The number of hydrogen-bond acceptors (Lipinski definition) is 2. The van der Waals surface area contributed by atoms with Crippen LogP contribution in [-0.2, 0) is 13.2 Å². The second-order valence-corrected chi connectivity index (χ2v) is 4.77. The van der Waals surface area contributed by atoms with Gasteiger partial charge >= 0.3 is 0 Å². The van der Waals surface area contributed by atoms with Gasteiger partial charge in [0.15, 0.2) is 0 Å². The molecule has 0 bridgehead atoms. The lowest BCUT2D eigenvalue weighted by Gasteiger charge is -2.08. The third-order valence-corrected chi connectivity index (χ3v) is 3.34. The molecule has 1 aliphatic rings. The molecule has 1 saturated carbocycles. The molecular weight excluding hydrogens is 231 g/mol. The van der Waals surface area contributed by atoms with Gasteiger partial charge in [-0.15, -0.1) is 0 Å². The molecule has 0 aliphatic heterocycles. The van der Waals surface area contributed by atoms with E-state index in [1.54, 1.807) is 18.3 Å². The number of nitrogens with zero attached hydrogens (tertiary/aromatic N) is 2. The lowest BCUT2D eigenvalue weighted by Crippen LogP contribution is -2.06. The summed E-state index contributed by atoms with van der Waals surface area (Å²) in [6.45, 7) is 0.668. The Labute approximate surface area is 105 Å². The Hall–Kier alpha value is -1.68. The predicted octanol–water partition coefficient (Wildman–Crippen LogP) is 2.44. The van der Waals surface area contributed by atoms with Crippen LogP contribution in [0.2, 0.25) is 0 Å². The lowest BCUT2D eigenvalue weighted by atomic mass is 10.1. The van der Waals surface area contributed by atoms with Crippen molar-refractivity contribution < 1.29 is 9.50 Å². The van der Waals surface area contributed by atoms with Crippen LogP contribution in [0.4, 0.5) is 4.39 Å². The number of hydrogen-bond donors (Lipinski definition) is 1. The summed E-state index contributed by atoms with van der Waals surface area (Å²) < 4.78 is 14.8. The summed E-state index contributed by atoms with van der Waals surface area (Å²) in [6.07, 6.45) is 4.07. The Morgan fingerprint density at radius 1 is 1.28 bits per heavy atom. The lowest BCUT2D eigenvalue weighted by molar-refractivity contribution is 0.280. The number of aliphatic hydroxyl groups is 1. The van der Waals surface area contributed by atoms with Crippen LogP contribution < -0.4 is 0 Å². The molecule has 0 saturated heterocycles. The van der Waals surface area contributed by atoms with Crippen molar-refractivity contribution >= 4 is 0 Å². The van der Waals surface area contributed by atoms with E-state index in [4.69, 9.17) is 0 Å². The highest BCUT2D eigenvalue weighted by Crippen LogP contribution is 2.41. The van der Waals surface area contributed by atoms with Crippen molar-refractivity contribution in [2.45, 2.75) is 31.9 Å². The largest absolute Gasteiger partial charge is 0.392 e. The summed E-state index contributed by atoms with van der Waals surface area (Å²) >= 11 is 0. The van der Waals surface area contributed by atoms with E-state index in [-0.39, 0.29) is 12.4 Å². The number of aromatic nitrogens is 2. The molecule has 0 atom stereocenters. The van der Waals surface area contributed by atoms with Gasteiger partial charge in [-0.25, -0.2) is 4.39 Å². The Kier molecular flexibility index (Phi) is 2.88. The number of rotatable bonds is 4. The van der Waals surface area contributed by atoms with E-state index in [1.165, 1.54) is 25.0 Å². The van der Waals surface area contributed by atoms with Crippen molar-refractivity contribution in [1.29, 1.82) is 0 Å². The molecule has 1 fully saturated rings. The summed E-state index contributed by atoms with van der Waals surface area (Å²) in [4.78, 5) is 0. The van der Waals surface area contributed by atoms with E-state index in [2.05, 4.69) is 5.10 Å². The van der Waals surface area contributed by atoms with Crippen molar-refractivity contribution in [1.82, 2.24) is 9.78 Å². The van der Waals surface area contributed by atoms with Gasteiger partial charge in [-0.3, -0.25) is 4.68 Å². The minimum Gasteiger partial charge on any atom is -0.392 e. The van der Waals surface area contributed by atoms with Crippen LogP contribution in [0.1, 0.15) is 35.6 Å². The van der Waals surface area contributed by atoms with Gasteiger partial charge in [0.25, 0.3) is 0 Å². The highest BCUT2D eigenvalue weighted by Gasteiger charge is 2.29. The smallest absolute Gasteiger partial charge is 0.123 e. The van der Waals surface area contributed by atoms with Crippen LogP contribution in [0.25, 0.3) is 0 Å². The monoisotopic (exact) mass is 246 g/mol.